The van der Waals surface area contributed by atoms with Crippen molar-refractivity contribution in [1.82, 2.24) is 29.9 Å². The van der Waals surface area contributed by atoms with Crippen molar-refractivity contribution in [3.63, 3.8) is 0 Å². The van der Waals surface area contributed by atoms with Crippen molar-refractivity contribution in [2.24, 2.45) is 0 Å². The Kier molecular flexibility index (Phi) is 6.38. The molecule has 0 aliphatic carbocycles. The number of hydrogen-bond acceptors (Lipinski definition) is 8. The largest absolute Gasteiger partial charge is 0.528 e. The summed E-state index contributed by atoms with van der Waals surface area (Å²) in [7, 11) is -1.99. The minimum absolute atomic E-state index is 0.191. The SMILES string of the molecule is [C-]#[N+]c1cc(-c2ccccn2)ncc1-c1cc(-c2ncc(-c3ccccn3)cc2[N+]#[C-])nc(B(O)O)n1. The van der Waals surface area contributed by atoms with Crippen LogP contribution in [0.2, 0.25) is 0 Å². The quantitative estimate of drug-likeness (QED) is 0.288. The van der Waals surface area contributed by atoms with Gasteiger partial charge >= 0.3 is 7.12 Å². The molecule has 5 rings (SSSR count). The van der Waals surface area contributed by atoms with E-state index in [1.165, 1.54) is 12.3 Å². The molecule has 0 aliphatic heterocycles. The van der Waals surface area contributed by atoms with Crippen LogP contribution >= 0.6 is 0 Å². The van der Waals surface area contributed by atoms with Crippen molar-refractivity contribution >= 4 is 24.2 Å². The van der Waals surface area contributed by atoms with Crippen LogP contribution in [0.1, 0.15) is 0 Å². The Balaban J connectivity index is 1.64. The Morgan fingerprint density at radius 2 is 1.35 bits per heavy atom. The number of hydrogen-bond donors (Lipinski definition) is 2. The van der Waals surface area contributed by atoms with Gasteiger partial charge in [-0.3, -0.25) is 19.9 Å². The first-order valence-corrected chi connectivity index (χ1v) is 10.9. The summed E-state index contributed by atoms with van der Waals surface area (Å²) in [5.41, 5.74) is 3.55. The van der Waals surface area contributed by atoms with E-state index in [9.17, 15) is 10.0 Å². The first kappa shape index (κ1) is 23.4. The van der Waals surface area contributed by atoms with Crippen LogP contribution in [-0.2, 0) is 0 Å². The average molecular weight is 482 g/mol. The smallest absolute Gasteiger partial charge is 0.421 e. The molecular weight excluding hydrogens is 467 g/mol. The van der Waals surface area contributed by atoms with Gasteiger partial charge in [0.15, 0.2) is 11.4 Å². The van der Waals surface area contributed by atoms with Gasteiger partial charge in [-0.1, -0.05) is 12.1 Å². The molecule has 11 heteroatoms. The molecule has 0 unspecified atom stereocenters. The van der Waals surface area contributed by atoms with Crippen molar-refractivity contribution in [2.45, 2.75) is 0 Å². The molecule has 37 heavy (non-hydrogen) atoms. The zero-order valence-electron chi connectivity index (χ0n) is 19.1. The molecule has 0 amide bonds. The third-order valence-corrected chi connectivity index (χ3v) is 5.37. The van der Waals surface area contributed by atoms with E-state index in [0.29, 0.717) is 28.2 Å². The van der Waals surface area contributed by atoms with Gasteiger partial charge < -0.3 is 10.0 Å². The highest BCUT2D eigenvalue weighted by atomic mass is 16.4. The lowest BCUT2D eigenvalue weighted by atomic mass is 9.90. The van der Waals surface area contributed by atoms with Gasteiger partial charge in [-0.25, -0.2) is 19.7 Å². The summed E-state index contributed by atoms with van der Waals surface area (Å²) in [4.78, 5) is 33.1. The fourth-order valence-corrected chi connectivity index (χ4v) is 3.64. The summed E-state index contributed by atoms with van der Waals surface area (Å²) >= 11 is 0. The third-order valence-electron chi connectivity index (χ3n) is 5.37. The van der Waals surface area contributed by atoms with Gasteiger partial charge in [0.05, 0.1) is 47.3 Å². The van der Waals surface area contributed by atoms with Crippen LogP contribution in [0.15, 0.2) is 79.4 Å². The van der Waals surface area contributed by atoms with Crippen molar-refractivity contribution in [3.05, 3.63) is 102 Å². The lowest BCUT2D eigenvalue weighted by Crippen LogP contribution is -2.36. The second kappa shape index (κ2) is 10.1. The third kappa shape index (κ3) is 4.76. The molecule has 5 aromatic rings. The van der Waals surface area contributed by atoms with Gasteiger partial charge in [-0.2, -0.15) is 0 Å². The molecule has 0 aliphatic rings. The van der Waals surface area contributed by atoms with Gasteiger partial charge in [0.2, 0.25) is 5.69 Å². The van der Waals surface area contributed by atoms with E-state index in [1.54, 1.807) is 55.0 Å². The van der Waals surface area contributed by atoms with Gasteiger partial charge in [0.1, 0.15) is 0 Å². The van der Waals surface area contributed by atoms with Crippen LogP contribution in [-0.4, -0.2) is 47.1 Å². The second-order valence-corrected chi connectivity index (χ2v) is 7.70. The summed E-state index contributed by atoms with van der Waals surface area (Å²) in [6, 6.07) is 15.6. The van der Waals surface area contributed by atoms with Gasteiger partial charge in [0, 0.05) is 35.9 Å². The Morgan fingerprint density at radius 1 is 0.649 bits per heavy atom. The predicted molar refractivity (Wildman–Crippen MR) is 137 cm³/mol. The average Bonchev–Trinajstić information content (AvgIpc) is 2.97. The molecule has 2 N–H and O–H groups in total. The van der Waals surface area contributed by atoms with Crippen molar-refractivity contribution < 1.29 is 10.0 Å². The molecule has 0 saturated carbocycles. The maximum atomic E-state index is 9.86. The number of nitrogens with zero attached hydrogens (tertiary/aromatic N) is 8. The predicted octanol–water partition coefficient (Wildman–Crippen LogP) is 3.51. The van der Waals surface area contributed by atoms with Gasteiger partial charge in [0.25, 0.3) is 0 Å². The molecule has 0 aromatic carbocycles. The molecule has 174 valence electrons. The van der Waals surface area contributed by atoms with E-state index in [-0.39, 0.29) is 34.2 Å². The van der Waals surface area contributed by atoms with E-state index in [2.05, 4.69) is 39.6 Å². The number of aromatic nitrogens is 6. The van der Waals surface area contributed by atoms with Crippen LogP contribution in [0.3, 0.4) is 0 Å². The van der Waals surface area contributed by atoms with E-state index in [0.717, 1.165) is 0 Å². The molecule has 0 saturated heterocycles. The fourth-order valence-electron chi connectivity index (χ4n) is 3.64. The minimum atomic E-state index is -1.99. The molecule has 0 atom stereocenters. The highest BCUT2D eigenvalue weighted by Crippen LogP contribution is 2.35. The highest BCUT2D eigenvalue weighted by molar-refractivity contribution is 6.56. The Morgan fingerprint density at radius 3 is 2.00 bits per heavy atom. The standard InChI is InChI=1S/C26H15BN8O2/c1-28-20-12-22(19-8-4-6-10-31-19)32-15-17(20)21-13-24(35-26(34-21)27(36)37)25-23(29-2)11-16(14-33-25)18-7-3-5-9-30-18/h3-15,36-37H. The zero-order chi connectivity index (χ0) is 25.8. The lowest BCUT2D eigenvalue weighted by Gasteiger charge is -2.11. The van der Waals surface area contributed by atoms with E-state index in [1.807, 2.05) is 12.1 Å². The summed E-state index contributed by atoms with van der Waals surface area (Å²) in [5.74, 6) is 0. The zero-order valence-corrected chi connectivity index (χ0v) is 19.1. The first-order chi connectivity index (χ1) is 18.1. The molecule has 0 radical (unpaired) electrons. The van der Waals surface area contributed by atoms with E-state index < -0.39 is 7.12 Å². The monoisotopic (exact) mass is 482 g/mol. The van der Waals surface area contributed by atoms with E-state index >= 15 is 0 Å². The molecule has 5 aromatic heterocycles. The highest BCUT2D eigenvalue weighted by Gasteiger charge is 2.22. The Labute approximate surface area is 211 Å². The topological polar surface area (TPSA) is 127 Å². The molecule has 0 fully saturated rings. The molecular formula is C26H15BN8O2. The summed E-state index contributed by atoms with van der Waals surface area (Å²) in [5, 5.41) is 19.7. The van der Waals surface area contributed by atoms with Crippen LogP contribution in [0.4, 0.5) is 11.4 Å². The minimum Gasteiger partial charge on any atom is -0.421 e. The second-order valence-electron chi connectivity index (χ2n) is 7.70. The molecule has 5 heterocycles. The van der Waals surface area contributed by atoms with Crippen LogP contribution in [0, 0.1) is 13.1 Å². The van der Waals surface area contributed by atoms with Crippen LogP contribution in [0.25, 0.3) is 55.0 Å². The molecule has 10 nitrogen and oxygen atoms in total. The summed E-state index contributed by atoms with van der Waals surface area (Å²) < 4.78 is 0. The van der Waals surface area contributed by atoms with Gasteiger partial charge in [-0.05, 0) is 42.5 Å². The van der Waals surface area contributed by atoms with Crippen LogP contribution < -0.4 is 5.72 Å². The normalized spacial score (nSPS) is 10.4. The number of rotatable bonds is 5. The fraction of sp³-hybridized carbons (Fsp3) is 0. The van der Waals surface area contributed by atoms with Crippen LogP contribution in [0.5, 0.6) is 0 Å². The molecule has 0 bridgehead atoms. The lowest BCUT2D eigenvalue weighted by molar-refractivity contribution is 0.422. The number of pyridine rings is 4. The van der Waals surface area contributed by atoms with Crippen molar-refractivity contribution in [2.75, 3.05) is 0 Å². The Bertz CT molecular complexity index is 1560. The van der Waals surface area contributed by atoms with Crippen molar-refractivity contribution in [1.29, 1.82) is 0 Å². The summed E-state index contributed by atoms with van der Waals surface area (Å²) in [6.07, 6.45) is 6.32. The van der Waals surface area contributed by atoms with Crippen molar-refractivity contribution in [3.8, 4) is 45.3 Å². The Hall–Kier alpha value is -5.36. The summed E-state index contributed by atoms with van der Waals surface area (Å²) in [6.45, 7) is 15.4. The van der Waals surface area contributed by atoms with E-state index in [4.69, 9.17) is 13.1 Å². The first-order valence-electron chi connectivity index (χ1n) is 10.9. The van der Waals surface area contributed by atoms with Gasteiger partial charge in [-0.15, -0.1) is 0 Å². The molecule has 0 spiro atoms. The maximum Gasteiger partial charge on any atom is 0.528 e. The maximum absolute atomic E-state index is 9.86.